The van der Waals surface area contributed by atoms with Crippen LogP contribution in [-0.4, -0.2) is 62.6 Å². The number of aromatic carboxylic acids is 1. The predicted octanol–water partition coefficient (Wildman–Crippen LogP) is 0.586. The maximum atomic E-state index is 10.7. The molecule has 1 fully saturated rings. The van der Waals surface area contributed by atoms with E-state index in [9.17, 15) is 4.79 Å². The summed E-state index contributed by atoms with van der Waals surface area (Å²) < 4.78 is 1.66. The molecule has 0 atom stereocenters. The second-order valence-corrected chi connectivity index (χ2v) is 5.13. The van der Waals surface area contributed by atoms with Gasteiger partial charge in [0.15, 0.2) is 5.69 Å². The molecule has 0 spiro atoms. The van der Waals surface area contributed by atoms with Crippen LogP contribution >= 0.6 is 11.8 Å². The lowest BCUT2D eigenvalue weighted by atomic mass is 10.1. The minimum absolute atomic E-state index is 0.0193. The van der Waals surface area contributed by atoms with Gasteiger partial charge in [0.2, 0.25) is 0 Å². The first-order valence-corrected chi connectivity index (χ1v) is 6.96. The van der Waals surface area contributed by atoms with Crippen LogP contribution in [0.15, 0.2) is 6.20 Å². The maximum absolute atomic E-state index is 10.7. The molecule has 2 heterocycles. The first-order valence-electron chi connectivity index (χ1n) is 5.57. The molecule has 0 saturated carbocycles. The van der Waals surface area contributed by atoms with Crippen LogP contribution in [-0.2, 0) is 0 Å². The third kappa shape index (κ3) is 2.98. The summed E-state index contributed by atoms with van der Waals surface area (Å²) in [6.07, 6.45) is 4.82. The molecule has 1 aromatic heterocycles. The average molecular weight is 256 g/mol. The molecule has 1 saturated heterocycles. The molecule has 94 valence electrons. The molecule has 0 amide bonds. The fourth-order valence-electron chi connectivity index (χ4n) is 1.88. The smallest absolute Gasteiger partial charge is 0.358 e. The Bertz CT molecular complexity index is 389. The van der Waals surface area contributed by atoms with E-state index in [0.29, 0.717) is 0 Å². The minimum Gasteiger partial charge on any atom is -0.476 e. The largest absolute Gasteiger partial charge is 0.476 e. The zero-order valence-corrected chi connectivity index (χ0v) is 10.6. The van der Waals surface area contributed by atoms with Gasteiger partial charge in [0.05, 0.1) is 12.2 Å². The standard InChI is InChI=1S/C10H16N4O2S/c1-17-4-2-3-13-5-8(6-13)14-7-9(10(15)16)11-12-14/h7-8H,2-6H2,1H3,(H,15,16). The van der Waals surface area contributed by atoms with Crippen molar-refractivity contribution in [2.24, 2.45) is 0 Å². The summed E-state index contributed by atoms with van der Waals surface area (Å²) >= 11 is 1.86. The molecule has 1 aliphatic heterocycles. The summed E-state index contributed by atoms with van der Waals surface area (Å²) in [5.74, 6) is 0.167. The van der Waals surface area contributed by atoms with E-state index in [0.717, 1.165) is 19.6 Å². The average Bonchev–Trinajstić information content (AvgIpc) is 2.70. The lowest BCUT2D eigenvalue weighted by Gasteiger charge is -2.38. The molecule has 17 heavy (non-hydrogen) atoms. The SMILES string of the molecule is CSCCCN1CC(n2cc(C(=O)O)nn2)C1. The fraction of sp³-hybridized carbons (Fsp3) is 0.700. The Morgan fingerprint density at radius 1 is 1.65 bits per heavy atom. The van der Waals surface area contributed by atoms with Crippen LogP contribution in [0.3, 0.4) is 0 Å². The molecule has 0 aliphatic carbocycles. The molecular weight excluding hydrogens is 240 g/mol. The summed E-state index contributed by atoms with van der Waals surface area (Å²) in [6.45, 7) is 2.99. The third-order valence-corrected chi connectivity index (χ3v) is 3.56. The summed E-state index contributed by atoms with van der Waals surface area (Å²) in [4.78, 5) is 13.0. The van der Waals surface area contributed by atoms with Gasteiger partial charge in [-0.2, -0.15) is 11.8 Å². The summed E-state index contributed by atoms with van der Waals surface area (Å²) in [5, 5.41) is 16.2. The molecule has 0 unspecified atom stereocenters. The number of hydrogen-bond donors (Lipinski definition) is 1. The van der Waals surface area contributed by atoms with Crippen molar-refractivity contribution < 1.29 is 9.90 Å². The van der Waals surface area contributed by atoms with E-state index in [1.54, 1.807) is 4.68 Å². The molecule has 0 bridgehead atoms. The van der Waals surface area contributed by atoms with Crippen molar-refractivity contribution in [2.75, 3.05) is 31.6 Å². The Balaban J connectivity index is 1.76. The Morgan fingerprint density at radius 3 is 3.00 bits per heavy atom. The summed E-state index contributed by atoms with van der Waals surface area (Å²) in [6, 6.07) is 0.282. The van der Waals surface area contributed by atoms with E-state index in [2.05, 4.69) is 21.5 Å². The Hall–Kier alpha value is -1.08. The highest BCUT2D eigenvalue weighted by Crippen LogP contribution is 2.20. The van der Waals surface area contributed by atoms with Gasteiger partial charge in [-0.05, 0) is 25.0 Å². The van der Waals surface area contributed by atoms with E-state index in [-0.39, 0.29) is 11.7 Å². The van der Waals surface area contributed by atoms with Gasteiger partial charge in [0.1, 0.15) is 0 Å². The molecule has 0 aromatic carbocycles. The van der Waals surface area contributed by atoms with Crippen molar-refractivity contribution in [2.45, 2.75) is 12.5 Å². The molecule has 1 aromatic rings. The van der Waals surface area contributed by atoms with Gasteiger partial charge < -0.3 is 5.11 Å². The lowest BCUT2D eigenvalue weighted by Crippen LogP contribution is -2.48. The molecular formula is C10H16N4O2S. The molecule has 0 radical (unpaired) electrons. The minimum atomic E-state index is -1.02. The van der Waals surface area contributed by atoms with Crippen molar-refractivity contribution in [3.05, 3.63) is 11.9 Å². The first-order chi connectivity index (χ1) is 8.20. The normalized spacial score (nSPS) is 17.0. The topological polar surface area (TPSA) is 71.2 Å². The highest BCUT2D eigenvalue weighted by Gasteiger charge is 2.28. The van der Waals surface area contributed by atoms with Crippen LogP contribution in [0, 0.1) is 0 Å². The van der Waals surface area contributed by atoms with E-state index >= 15 is 0 Å². The van der Waals surface area contributed by atoms with Gasteiger partial charge in [0, 0.05) is 13.1 Å². The second-order valence-electron chi connectivity index (χ2n) is 4.15. The second kappa shape index (κ2) is 5.50. The molecule has 7 heteroatoms. The van der Waals surface area contributed by atoms with Gasteiger partial charge in [-0.15, -0.1) is 5.10 Å². The number of likely N-dealkylation sites (tertiary alicyclic amines) is 1. The van der Waals surface area contributed by atoms with Crippen LogP contribution in [0.5, 0.6) is 0 Å². The number of nitrogens with zero attached hydrogens (tertiary/aromatic N) is 4. The van der Waals surface area contributed by atoms with Crippen LogP contribution in [0.2, 0.25) is 0 Å². The van der Waals surface area contributed by atoms with E-state index in [1.807, 2.05) is 11.8 Å². The van der Waals surface area contributed by atoms with E-state index in [4.69, 9.17) is 5.11 Å². The summed E-state index contributed by atoms with van der Waals surface area (Å²) in [7, 11) is 0. The van der Waals surface area contributed by atoms with Gasteiger partial charge in [-0.25, -0.2) is 9.48 Å². The van der Waals surface area contributed by atoms with Crippen LogP contribution < -0.4 is 0 Å². The summed E-state index contributed by atoms with van der Waals surface area (Å²) in [5.41, 5.74) is 0.0193. The number of rotatable bonds is 6. The highest BCUT2D eigenvalue weighted by atomic mass is 32.2. The predicted molar refractivity (Wildman–Crippen MR) is 65.5 cm³/mol. The van der Waals surface area contributed by atoms with Crippen molar-refractivity contribution in [1.82, 2.24) is 19.9 Å². The Kier molecular flexibility index (Phi) is 4.01. The maximum Gasteiger partial charge on any atom is 0.358 e. The number of aromatic nitrogens is 3. The van der Waals surface area contributed by atoms with Crippen molar-refractivity contribution >= 4 is 17.7 Å². The number of carboxylic acids is 1. The number of carbonyl (C=O) groups is 1. The Labute approximate surface area is 104 Å². The monoisotopic (exact) mass is 256 g/mol. The van der Waals surface area contributed by atoms with Crippen molar-refractivity contribution in [1.29, 1.82) is 0 Å². The van der Waals surface area contributed by atoms with Gasteiger partial charge >= 0.3 is 5.97 Å². The van der Waals surface area contributed by atoms with E-state index < -0.39 is 5.97 Å². The molecule has 6 nitrogen and oxygen atoms in total. The first kappa shape index (κ1) is 12.4. The third-order valence-electron chi connectivity index (χ3n) is 2.86. The zero-order valence-electron chi connectivity index (χ0n) is 9.74. The van der Waals surface area contributed by atoms with Gasteiger partial charge in [0.25, 0.3) is 0 Å². The van der Waals surface area contributed by atoms with Crippen LogP contribution in [0.4, 0.5) is 0 Å². The van der Waals surface area contributed by atoms with E-state index in [1.165, 1.54) is 18.4 Å². The number of thioether (sulfide) groups is 1. The number of carboxylic acid groups (broad SMARTS) is 1. The number of hydrogen-bond acceptors (Lipinski definition) is 5. The quantitative estimate of drug-likeness (QED) is 0.751. The van der Waals surface area contributed by atoms with Crippen LogP contribution in [0.25, 0.3) is 0 Å². The zero-order chi connectivity index (χ0) is 12.3. The van der Waals surface area contributed by atoms with Gasteiger partial charge in [-0.3, -0.25) is 4.90 Å². The van der Waals surface area contributed by atoms with Gasteiger partial charge in [-0.1, -0.05) is 5.21 Å². The van der Waals surface area contributed by atoms with Crippen molar-refractivity contribution in [3.8, 4) is 0 Å². The fourth-order valence-corrected chi connectivity index (χ4v) is 2.30. The Morgan fingerprint density at radius 2 is 2.41 bits per heavy atom. The lowest BCUT2D eigenvalue weighted by molar-refractivity contribution is 0.0690. The molecule has 1 aliphatic rings. The molecule has 2 rings (SSSR count). The van der Waals surface area contributed by atoms with Crippen molar-refractivity contribution in [3.63, 3.8) is 0 Å². The highest BCUT2D eigenvalue weighted by molar-refractivity contribution is 7.98. The molecule has 1 N–H and O–H groups in total. The van der Waals surface area contributed by atoms with Crippen LogP contribution in [0.1, 0.15) is 23.0 Å².